The van der Waals surface area contributed by atoms with Gasteiger partial charge in [0.25, 0.3) is 0 Å². The minimum absolute atomic E-state index is 0.0292. The summed E-state index contributed by atoms with van der Waals surface area (Å²) in [5.74, 6) is -1.53. The van der Waals surface area contributed by atoms with Crippen molar-refractivity contribution in [2.75, 3.05) is 26.4 Å². The van der Waals surface area contributed by atoms with Gasteiger partial charge in [-0.25, -0.2) is 0 Å². The van der Waals surface area contributed by atoms with Gasteiger partial charge in [0.2, 0.25) is 0 Å². The number of carbonyl (C=O) groups is 2. The molecule has 4 saturated carbocycles. The van der Waals surface area contributed by atoms with E-state index in [0.29, 0.717) is 32.1 Å². The number of Topliss-reactive ketones (excluding diaryl/α,β-unsaturated/α-hetero) is 1. The highest BCUT2D eigenvalue weighted by Crippen LogP contribution is 2.74. The van der Waals surface area contributed by atoms with Crippen molar-refractivity contribution < 1.29 is 93.8 Å². The summed E-state index contributed by atoms with van der Waals surface area (Å²) in [7, 11) is 0. The second-order valence-corrected chi connectivity index (χ2v) is 22.8. The Hall–Kier alpha value is -1.76. The van der Waals surface area contributed by atoms with Gasteiger partial charge in [-0.2, -0.15) is 0 Å². The van der Waals surface area contributed by atoms with E-state index < -0.39 is 145 Å². The molecule has 19 heteroatoms. The summed E-state index contributed by atoms with van der Waals surface area (Å²) in [5.41, 5.74) is -2.90. The zero-order valence-corrected chi connectivity index (χ0v) is 39.1. The van der Waals surface area contributed by atoms with Gasteiger partial charge in [0.1, 0.15) is 60.5 Å². The van der Waals surface area contributed by atoms with Crippen molar-refractivity contribution in [1.29, 1.82) is 0 Å². The molecule has 7 fully saturated rings. The molecule has 376 valence electrons. The molecule has 8 aliphatic rings. The maximum atomic E-state index is 14.2. The SMILES string of the molecule is CC(=O)O[C@H]1[C@H](O[C@H]2[C@H](O[C@H]3[C@@H](O)C[C@@]4(C)[C@@H](CC[C@]5(C)[C@@H]4CC=C4[C@@H]6CC(C)(C)CC[C@]6(O)C(=O)C[C@]45C)[C@]3(C)CO)OC[C@H](O)[C@@H]2O)O[C@H](CO[C@@H]2OC[C@H](O)[C@H](O)[C@H]2O)[C@@H](O)[C@@H]1O. The Morgan fingerprint density at radius 1 is 0.758 bits per heavy atom. The second-order valence-electron chi connectivity index (χ2n) is 22.8. The molecule has 66 heavy (non-hydrogen) atoms. The molecule has 3 saturated heterocycles. The maximum Gasteiger partial charge on any atom is 0.303 e. The van der Waals surface area contributed by atoms with Crippen molar-refractivity contribution in [3.05, 3.63) is 11.6 Å². The Kier molecular flexibility index (Phi) is 13.7. The van der Waals surface area contributed by atoms with Crippen molar-refractivity contribution in [3.63, 3.8) is 0 Å². The summed E-state index contributed by atoms with van der Waals surface area (Å²) in [6.45, 7) is 12.1. The zero-order valence-electron chi connectivity index (χ0n) is 39.1. The zero-order chi connectivity index (χ0) is 48.3. The third-order valence-electron chi connectivity index (χ3n) is 18.3. The number of ketones is 1. The third-order valence-corrected chi connectivity index (χ3v) is 18.3. The van der Waals surface area contributed by atoms with Gasteiger partial charge in [-0.1, -0.05) is 53.2 Å². The average Bonchev–Trinajstić information content (AvgIpc) is 3.24. The van der Waals surface area contributed by atoms with E-state index in [1.807, 2.05) is 6.92 Å². The number of hydrogen-bond donors (Lipinski definition) is 10. The lowest BCUT2D eigenvalue weighted by Gasteiger charge is -2.71. The van der Waals surface area contributed by atoms with Crippen LogP contribution >= 0.6 is 0 Å². The minimum atomic E-state index is -1.87. The number of allylic oxidation sites excluding steroid dienone is 1. The summed E-state index contributed by atoms with van der Waals surface area (Å²) in [6.07, 6.45) is -16.9. The van der Waals surface area contributed by atoms with E-state index in [0.717, 1.165) is 13.3 Å². The molecule has 0 radical (unpaired) electrons. The Labute approximate surface area is 385 Å². The number of carbonyl (C=O) groups excluding carboxylic acids is 2. The van der Waals surface area contributed by atoms with Crippen LogP contribution in [0.3, 0.4) is 0 Å². The average molecular weight is 943 g/mol. The first-order valence-corrected chi connectivity index (χ1v) is 23.8. The van der Waals surface area contributed by atoms with Crippen LogP contribution in [-0.2, 0) is 42.7 Å². The molecule has 0 aromatic rings. The van der Waals surface area contributed by atoms with Crippen LogP contribution in [0.4, 0.5) is 0 Å². The first-order valence-electron chi connectivity index (χ1n) is 23.8. The van der Waals surface area contributed by atoms with Crippen LogP contribution in [0.25, 0.3) is 0 Å². The van der Waals surface area contributed by atoms with Crippen LogP contribution in [0.5, 0.6) is 0 Å². The number of fused-ring (bicyclic) bond motifs is 7. The smallest absolute Gasteiger partial charge is 0.303 e. The lowest BCUT2D eigenvalue weighted by Crippen LogP contribution is -2.70. The first-order chi connectivity index (χ1) is 30.8. The number of aliphatic hydroxyl groups is 10. The number of ether oxygens (including phenoxy) is 7. The molecule has 0 amide bonds. The van der Waals surface area contributed by atoms with Crippen LogP contribution in [-0.4, -0.2) is 187 Å². The maximum absolute atomic E-state index is 14.2. The van der Waals surface area contributed by atoms with Crippen LogP contribution in [0.1, 0.15) is 99.8 Å². The van der Waals surface area contributed by atoms with E-state index in [-0.39, 0.29) is 48.4 Å². The predicted molar refractivity (Wildman–Crippen MR) is 226 cm³/mol. The molecule has 0 aromatic carbocycles. The lowest BCUT2D eigenvalue weighted by molar-refractivity contribution is -0.376. The molecule has 0 spiro atoms. The predicted octanol–water partition coefficient (Wildman–Crippen LogP) is -0.662. The van der Waals surface area contributed by atoms with Gasteiger partial charge in [-0.3, -0.25) is 9.59 Å². The minimum Gasteiger partial charge on any atom is -0.454 e. The Morgan fingerprint density at radius 2 is 1.42 bits per heavy atom. The van der Waals surface area contributed by atoms with Crippen molar-refractivity contribution in [2.24, 2.45) is 44.8 Å². The van der Waals surface area contributed by atoms with Gasteiger partial charge in [-0.15, -0.1) is 0 Å². The summed E-state index contributed by atoms with van der Waals surface area (Å²) in [5, 5.41) is 111. The topological polar surface area (TPSA) is 301 Å². The third kappa shape index (κ3) is 8.05. The van der Waals surface area contributed by atoms with Gasteiger partial charge in [0, 0.05) is 30.1 Å². The van der Waals surface area contributed by atoms with E-state index in [9.17, 15) is 60.7 Å². The van der Waals surface area contributed by atoms with Gasteiger partial charge in [-0.05, 0) is 73.0 Å². The highest BCUT2D eigenvalue weighted by atomic mass is 16.8. The number of aliphatic hydroxyl groups excluding tert-OH is 9. The van der Waals surface area contributed by atoms with Gasteiger partial charge >= 0.3 is 5.97 Å². The molecular weight excluding hydrogens is 868 g/mol. The molecule has 8 rings (SSSR count). The molecular formula is C47H74O19. The normalized spacial score (nSPS) is 53.7. The van der Waals surface area contributed by atoms with Crippen molar-refractivity contribution in [2.45, 2.75) is 198 Å². The highest BCUT2D eigenvalue weighted by Gasteiger charge is 2.72. The number of rotatable bonds is 9. The second kappa shape index (κ2) is 17.8. The largest absolute Gasteiger partial charge is 0.454 e. The van der Waals surface area contributed by atoms with Crippen LogP contribution in [0.2, 0.25) is 0 Å². The molecule has 0 unspecified atom stereocenters. The number of hydrogen-bond acceptors (Lipinski definition) is 19. The standard InChI is InChI=1S/C47H74O19/c1-21(49)63-37-34(57)33(56)27(19-62-39-35(58)31(54)25(51)17-60-39)64-41(37)65-36-32(55)26(52)18-61-40(36)66-38-24(50)15-43(4)28(44(38,5)20-48)10-11-45(6)29(43)9-8-22-23-14-42(2,3)12-13-47(23,59)30(53)16-46(22,45)7/h8,23-29,31-41,48,50-52,54-59H,9-20H2,1-7H3/t23-,24-,25-,26-,27+,28+,29+,31-,32-,33+,34-,35+,36+,37+,38-,39-,40-,41-,43-,44-,45+,46+,47+/m0/s1. The summed E-state index contributed by atoms with van der Waals surface area (Å²) < 4.78 is 41.0. The molecule has 5 aliphatic carbocycles. The van der Waals surface area contributed by atoms with Gasteiger partial charge in [0.15, 0.2) is 30.8 Å². The Balaban J connectivity index is 1.04. The number of esters is 1. The summed E-state index contributed by atoms with van der Waals surface area (Å²) >= 11 is 0. The van der Waals surface area contributed by atoms with E-state index in [1.165, 1.54) is 5.57 Å². The summed E-state index contributed by atoms with van der Waals surface area (Å²) in [6, 6.07) is 0. The quantitative estimate of drug-likeness (QED) is 0.0780. The molecule has 10 N–H and O–H groups in total. The van der Waals surface area contributed by atoms with Gasteiger partial charge < -0.3 is 84.2 Å². The fraction of sp³-hybridized carbons (Fsp3) is 0.915. The fourth-order valence-corrected chi connectivity index (χ4v) is 14.4. The summed E-state index contributed by atoms with van der Waals surface area (Å²) in [4.78, 5) is 26.4. The lowest BCUT2D eigenvalue weighted by atomic mass is 9.34. The Morgan fingerprint density at radius 3 is 2.09 bits per heavy atom. The van der Waals surface area contributed by atoms with E-state index in [2.05, 4.69) is 40.7 Å². The van der Waals surface area contributed by atoms with Gasteiger partial charge in [0.05, 0.1) is 38.6 Å². The fourth-order valence-electron chi connectivity index (χ4n) is 14.4. The Bertz CT molecular complexity index is 1850. The van der Waals surface area contributed by atoms with Crippen LogP contribution in [0, 0.1) is 44.8 Å². The van der Waals surface area contributed by atoms with E-state index in [1.54, 1.807) is 0 Å². The highest BCUT2D eigenvalue weighted by molar-refractivity contribution is 5.91. The van der Waals surface area contributed by atoms with E-state index in [4.69, 9.17) is 33.2 Å². The van der Waals surface area contributed by atoms with E-state index >= 15 is 0 Å². The molecule has 19 nitrogen and oxygen atoms in total. The van der Waals surface area contributed by atoms with Crippen LogP contribution < -0.4 is 0 Å². The molecule has 0 bridgehead atoms. The molecule has 3 aliphatic heterocycles. The molecule has 3 heterocycles. The van der Waals surface area contributed by atoms with Crippen molar-refractivity contribution >= 4 is 11.8 Å². The van der Waals surface area contributed by atoms with Crippen molar-refractivity contribution in [1.82, 2.24) is 0 Å². The van der Waals surface area contributed by atoms with Crippen molar-refractivity contribution in [3.8, 4) is 0 Å². The molecule has 23 atom stereocenters. The molecule has 0 aromatic heterocycles. The first kappa shape index (κ1) is 50.6. The monoisotopic (exact) mass is 942 g/mol. The van der Waals surface area contributed by atoms with Crippen LogP contribution in [0.15, 0.2) is 11.6 Å².